The van der Waals surface area contributed by atoms with Crippen LogP contribution in [-0.4, -0.2) is 25.3 Å². The van der Waals surface area contributed by atoms with Gasteiger partial charge in [0.15, 0.2) is 0 Å². The van der Waals surface area contributed by atoms with Gasteiger partial charge >= 0.3 is 17.7 Å². The van der Waals surface area contributed by atoms with Crippen LogP contribution in [0.25, 0.3) is 5.69 Å². The van der Waals surface area contributed by atoms with E-state index in [0.717, 1.165) is 0 Å². The largest absolute Gasteiger partial charge is 0.387 e. The van der Waals surface area contributed by atoms with Gasteiger partial charge in [0, 0.05) is 19.4 Å². The highest BCUT2D eigenvalue weighted by molar-refractivity contribution is 5.90. The van der Waals surface area contributed by atoms with Crippen molar-refractivity contribution in [2.75, 3.05) is 0 Å². The first kappa shape index (κ1) is 13.7. The zero-order valence-corrected chi connectivity index (χ0v) is 11.7. The van der Waals surface area contributed by atoms with Gasteiger partial charge in [0.25, 0.3) is 0 Å². The summed E-state index contributed by atoms with van der Waals surface area (Å²) >= 11 is 0. The average Bonchev–Trinajstić information content (AvgIpc) is 2.85. The molecule has 0 spiro atoms. The molecule has 0 fully saturated rings. The smallest absolute Gasteiger partial charge is 0.353 e. The quantitative estimate of drug-likeness (QED) is 0.678. The van der Waals surface area contributed by atoms with Gasteiger partial charge in [-0.1, -0.05) is 18.2 Å². The van der Waals surface area contributed by atoms with Crippen molar-refractivity contribution in [3.8, 4) is 11.7 Å². The van der Waals surface area contributed by atoms with Gasteiger partial charge in [-0.05, 0) is 24.3 Å². The van der Waals surface area contributed by atoms with E-state index in [1.54, 1.807) is 42.6 Å². The summed E-state index contributed by atoms with van der Waals surface area (Å²) in [5.41, 5.74) is 0.469. The molecule has 0 aliphatic heterocycles. The Morgan fingerprint density at radius 2 is 1.91 bits per heavy atom. The molecular formula is C15H12N4O3. The SMILES string of the molecule is Cn1c(OC(=O)c2cccnc2)nn(-c2ccccc2)c1=O. The first-order valence-electron chi connectivity index (χ1n) is 6.50. The number of carbonyl (C=O) groups excluding carboxylic acids is 1. The molecule has 0 atom stereocenters. The minimum Gasteiger partial charge on any atom is -0.387 e. The fourth-order valence-corrected chi connectivity index (χ4v) is 1.87. The normalized spacial score (nSPS) is 10.4. The molecule has 7 nitrogen and oxygen atoms in total. The Morgan fingerprint density at radius 3 is 2.59 bits per heavy atom. The number of para-hydroxylation sites is 1. The third-order valence-electron chi connectivity index (χ3n) is 3.02. The summed E-state index contributed by atoms with van der Waals surface area (Å²) in [5.74, 6) is -0.624. The minimum atomic E-state index is -0.624. The summed E-state index contributed by atoms with van der Waals surface area (Å²) in [6.45, 7) is 0. The van der Waals surface area contributed by atoms with Crippen molar-refractivity contribution in [2.45, 2.75) is 0 Å². The molecular weight excluding hydrogens is 284 g/mol. The second-order valence-electron chi connectivity index (χ2n) is 4.50. The summed E-state index contributed by atoms with van der Waals surface area (Å²) in [4.78, 5) is 28.0. The molecule has 110 valence electrons. The zero-order valence-electron chi connectivity index (χ0n) is 11.7. The van der Waals surface area contributed by atoms with Crippen LogP contribution in [0.5, 0.6) is 6.01 Å². The van der Waals surface area contributed by atoms with Gasteiger partial charge in [-0.2, -0.15) is 4.68 Å². The van der Waals surface area contributed by atoms with E-state index in [0.29, 0.717) is 5.69 Å². The summed E-state index contributed by atoms with van der Waals surface area (Å²) in [5, 5.41) is 4.05. The van der Waals surface area contributed by atoms with E-state index in [4.69, 9.17) is 4.74 Å². The average molecular weight is 296 g/mol. The number of benzene rings is 1. The highest BCUT2D eigenvalue weighted by Gasteiger charge is 2.17. The van der Waals surface area contributed by atoms with E-state index < -0.39 is 11.7 Å². The summed E-state index contributed by atoms with van der Waals surface area (Å²) < 4.78 is 7.51. The Morgan fingerprint density at radius 1 is 1.14 bits per heavy atom. The van der Waals surface area contributed by atoms with Crippen molar-refractivity contribution >= 4 is 5.97 Å². The Kier molecular flexibility index (Phi) is 3.53. The van der Waals surface area contributed by atoms with Crippen molar-refractivity contribution in [3.63, 3.8) is 0 Å². The molecule has 0 saturated heterocycles. The van der Waals surface area contributed by atoms with E-state index in [-0.39, 0.29) is 11.6 Å². The van der Waals surface area contributed by atoms with Crippen LogP contribution in [0.4, 0.5) is 0 Å². The van der Waals surface area contributed by atoms with Gasteiger partial charge in [0.1, 0.15) is 0 Å². The molecule has 2 aromatic heterocycles. The van der Waals surface area contributed by atoms with E-state index in [2.05, 4.69) is 10.1 Å². The molecule has 3 rings (SSSR count). The van der Waals surface area contributed by atoms with Crippen LogP contribution in [-0.2, 0) is 7.05 Å². The van der Waals surface area contributed by atoms with Crippen LogP contribution in [0, 0.1) is 0 Å². The van der Waals surface area contributed by atoms with E-state index in [9.17, 15) is 9.59 Å². The van der Waals surface area contributed by atoms with Gasteiger partial charge in [-0.25, -0.2) is 14.2 Å². The number of pyridine rings is 1. The lowest BCUT2D eigenvalue weighted by Crippen LogP contribution is -2.22. The molecule has 0 bridgehead atoms. The molecule has 2 heterocycles. The first-order valence-corrected chi connectivity index (χ1v) is 6.50. The number of esters is 1. The van der Waals surface area contributed by atoms with Gasteiger partial charge < -0.3 is 4.74 Å². The number of aromatic nitrogens is 4. The Labute approximate surface area is 125 Å². The predicted octanol–water partition coefficient (Wildman–Crippen LogP) is 1.19. The third-order valence-corrected chi connectivity index (χ3v) is 3.02. The minimum absolute atomic E-state index is 0.0808. The summed E-state index contributed by atoms with van der Waals surface area (Å²) in [6.07, 6.45) is 2.94. The molecule has 0 unspecified atom stereocenters. The number of rotatable bonds is 3. The van der Waals surface area contributed by atoms with Gasteiger partial charge in [0.05, 0.1) is 11.3 Å². The lowest BCUT2D eigenvalue weighted by molar-refractivity contribution is 0.0712. The molecule has 0 saturated carbocycles. The van der Waals surface area contributed by atoms with Gasteiger partial charge in [-0.15, -0.1) is 5.10 Å². The highest BCUT2D eigenvalue weighted by atomic mass is 16.6. The summed E-state index contributed by atoms with van der Waals surface area (Å²) in [6, 6.07) is 12.0. The molecule has 22 heavy (non-hydrogen) atoms. The second kappa shape index (κ2) is 5.65. The maximum absolute atomic E-state index is 12.2. The van der Waals surface area contributed by atoms with Crippen molar-refractivity contribution in [3.05, 3.63) is 70.9 Å². The molecule has 0 radical (unpaired) electrons. The van der Waals surface area contributed by atoms with E-state index in [1.807, 2.05) is 6.07 Å². The molecule has 0 aliphatic rings. The van der Waals surface area contributed by atoms with Crippen LogP contribution in [0.2, 0.25) is 0 Å². The van der Waals surface area contributed by atoms with Gasteiger partial charge in [-0.3, -0.25) is 4.98 Å². The second-order valence-corrected chi connectivity index (χ2v) is 4.50. The Balaban J connectivity index is 1.93. The number of nitrogens with zero attached hydrogens (tertiary/aromatic N) is 4. The van der Waals surface area contributed by atoms with Crippen LogP contribution >= 0.6 is 0 Å². The molecule has 0 aliphatic carbocycles. The number of ether oxygens (including phenoxy) is 1. The molecule has 3 aromatic rings. The molecule has 7 heteroatoms. The van der Waals surface area contributed by atoms with Crippen molar-refractivity contribution < 1.29 is 9.53 Å². The maximum atomic E-state index is 12.2. The third kappa shape index (κ3) is 2.51. The Hall–Kier alpha value is -3.22. The molecule has 0 N–H and O–H groups in total. The van der Waals surface area contributed by atoms with Crippen LogP contribution in [0.3, 0.4) is 0 Å². The highest BCUT2D eigenvalue weighted by Crippen LogP contribution is 2.09. The monoisotopic (exact) mass is 296 g/mol. The standard InChI is InChI=1S/C15H12N4O3/c1-18-14(22-13(20)11-6-5-9-16-10-11)17-19(15(18)21)12-7-3-2-4-8-12/h2-10H,1H3. The van der Waals surface area contributed by atoms with E-state index in [1.165, 1.54) is 22.5 Å². The van der Waals surface area contributed by atoms with E-state index >= 15 is 0 Å². The predicted molar refractivity (Wildman–Crippen MR) is 78.0 cm³/mol. The Bertz CT molecular complexity index is 853. The van der Waals surface area contributed by atoms with Crippen molar-refractivity contribution in [2.24, 2.45) is 7.05 Å². The molecule has 1 aromatic carbocycles. The lowest BCUT2D eigenvalue weighted by Gasteiger charge is -2.01. The number of carbonyl (C=O) groups is 1. The van der Waals surface area contributed by atoms with Crippen LogP contribution < -0.4 is 10.4 Å². The van der Waals surface area contributed by atoms with Crippen LogP contribution in [0.15, 0.2) is 59.7 Å². The van der Waals surface area contributed by atoms with Gasteiger partial charge in [0.2, 0.25) is 0 Å². The fraction of sp³-hybridized carbons (Fsp3) is 0.0667. The number of hydrogen-bond donors (Lipinski definition) is 0. The van der Waals surface area contributed by atoms with Crippen LogP contribution in [0.1, 0.15) is 10.4 Å². The first-order chi connectivity index (χ1) is 10.7. The fourth-order valence-electron chi connectivity index (χ4n) is 1.87. The van der Waals surface area contributed by atoms with Crippen molar-refractivity contribution in [1.29, 1.82) is 0 Å². The maximum Gasteiger partial charge on any atom is 0.353 e. The topological polar surface area (TPSA) is 79.0 Å². The summed E-state index contributed by atoms with van der Waals surface area (Å²) in [7, 11) is 1.49. The molecule has 0 amide bonds. The number of hydrogen-bond acceptors (Lipinski definition) is 5. The zero-order chi connectivity index (χ0) is 15.5. The lowest BCUT2D eigenvalue weighted by atomic mass is 10.3. The van der Waals surface area contributed by atoms with Crippen molar-refractivity contribution in [1.82, 2.24) is 19.3 Å².